The van der Waals surface area contributed by atoms with Crippen LogP contribution in [0.5, 0.6) is 0 Å². The highest BCUT2D eigenvalue weighted by molar-refractivity contribution is 8.36. The number of hydrogen-bond acceptors (Lipinski definition) is 2. The Labute approximate surface area is 82.0 Å². The van der Waals surface area contributed by atoms with E-state index in [-0.39, 0.29) is 13.8 Å². The zero-order valence-electron chi connectivity index (χ0n) is 9.14. The van der Waals surface area contributed by atoms with Crippen molar-refractivity contribution in [1.82, 2.24) is 14.0 Å². The molecule has 0 aromatic heterocycles. The van der Waals surface area contributed by atoms with Crippen molar-refractivity contribution in [2.75, 3.05) is 41.5 Å². The highest BCUT2D eigenvalue weighted by Crippen LogP contribution is 2.87. The molecule has 0 saturated carbocycles. The van der Waals surface area contributed by atoms with E-state index in [1.54, 1.807) is 0 Å². The number of urea groups is 1. The molecular formula is C7H18N3OP2+. The van der Waals surface area contributed by atoms with Crippen molar-refractivity contribution in [1.29, 1.82) is 0 Å². The van der Waals surface area contributed by atoms with E-state index < -0.39 is 7.25 Å². The minimum atomic E-state index is -1.38. The molecule has 0 N–H and O–H groups in total. The summed E-state index contributed by atoms with van der Waals surface area (Å²) in [7, 11) is 6.23. The number of carbonyl (C=O) groups excluding carboxylic acids is 1. The fraction of sp³-hybridized carbons (Fsp3) is 0.857. The number of amides is 2. The fourth-order valence-corrected chi connectivity index (χ4v) is 9.03. The fourth-order valence-electron chi connectivity index (χ4n) is 1.47. The zero-order valence-corrected chi connectivity index (χ0v) is 10.9. The number of carbonyl (C=O) groups is 1. The molecular weight excluding hydrogens is 204 g/mol. The highest BCUT2D eigenvalue weighted by Gasteiger charge is 2.59. The van der Waals surface area contributed by atoms with Gasteiger partial charge in [0.15, 0.2) is 7.76 Å². The van der Waals surface area contributed by atoms with Crippen LogP contribution >= 0.6 is 15.0 Å². The van der Waals surface area contributed by atoms with Crippen molar-refractivity contribution in [2.24, 2.45) is 0 Å². The Bertz CT molecular complexity index is 236. The van der Waals surface area contributed by atoms with Crippen LogP contribution in [-0.2, 0) is 0 Å². The van der Waals surface area contributed by atoms with Gasteiger partial charge < -0.3 is 0 Å². The van der Waals surface area contributed by atoms with E-state index in [0.717, 1.165) is 0 Å². The smallest absolute Gasteiger partial charge is 0.269 e. The number of hydrogen-bond donors (Lipinski definition) is 0. The van der Waals surface area contributed by atoms with Gasteiger partial charge in [0, 0.05) is 27.8 Å². The second-order valence-electron chi connectivity index (χ2n) is 3.53. The van der Waals surface area contributed by atoms with Crippen LogP contribution in [0.25, 0.3) is 0 Å². The Morgan fingerprint density at radius 1 is 1.38 bits per heavy atom. The molecule has 6 heteroatoms. The summed E-state index contributed by atoms with van der Waals surface area (Å²) in [5.74, 6) is 0. The van der Waals surface area contributed by atoms with Crippen LogP contribution in [0, 0.1) is 0 Å². The van der Waals surface area contributed by atoms with Crippen molar-refractivity contribution in [3.05, 3.63) is 0 Å². The van der Waals surface area contributed by atoms with E-state index in [4.69, 9.17) is 0 Å². The Hall–Kier alpha value is 0.0900. The third-order valence-electron chi connectivity index (χ3n) is 2.86. The molecule has 1 aliphatic heterocycles. The molecule has 76 valence electrons. The van der Waals surface area contributed by atoms with Crippen molar-refractivity contribution >= 4 is 21.0 Å². The van der Waals surface area contributed by atoms with Crippen LogP contribution in [0.15, 0.2) is 0 Å². The second kappa shape index (κ2) is 3.34. The lowest BCUT2D eigenvalue weighted by atomic mass is 10.9. The average molecular weight is 222 g/mol. The molecule has 1 rings (SSSR count). The van der Waals surface area contributed by atoms with Crippen LogP contribution in [0.2, 0.25) is 0 Å². The van der Waals surface area contributed by atoms with E-state index in [1.165, 1.54) is 0 Å². The van der Waals surface area contributed by atoms with Gasteiger partial charge in [-0.2, -0.15) is 9.34 Å². The van der Waals surface area contributed by atoms with Crippen molar-refractivity contribution in [3.8, 4) is 0 Å². The zero-order chi connectivity index (χ0) is 10.4. The molecule has 0 radical (unpaired) electrons. The van der Waals surface area contributed by atoms with Crippen LogP contribution in [0.1, 0.15) is 0 Å². The molecule has 0 aromatic rings. The largest absolute Gasteiger partial charge is 0.358 e. The molecule has 1 fully saturated rings. The standard InChI is InChI=1S/C7H18N3OP2/c1-8(2)13(6)10(4)7(11)9(3)12(13)5/h1-6H3/q+1. The molecule has 2 unspecified atom stereocenters. The van der Waals surface area contributed by atoms with Gasteiger partial charge in [-0.25, -0.2) is 4.79 Å². The van der Waals surface area contributed by atoms with E-state index >= 15 is 0 Å². The van der Waals surface area contributed by atoms with Crippen molar-refractivity contribution < 1.29 is 4.79 Å². The first-order valence-electron chi connectivity index (χ1n) is 4.13. The predicted molar refractivity (Wildman–Crippen MR) is 60.3 cm³/mol. The summed E-state index contributed by atoms with van der Waals surface area (Å²) >= 11 is 0. The summed E-state index contributed by atoms with van der Waals surface area (Å²) in [6.45, 7) is 4.41. The summed E-state index contributed by atoms with van der Waals surface area (Å²) in [6.07, 6.45) is 0. The van der Waals surface area contributed by atoms with Gasteiger partial charge in [-0.1, -0.05) is 0 Å². The summed E-state index contributed by atoms with van der Waals surface area (Å²) in [5, 5.41) is 0. The van der Waals surface area contributed by atoms with E-state index in [1.807, 2.05) is 23.4 Å². The van der Waals surface area contributed by atoms with Gasteiger partial charge in [-0.05, 0) is 0 Å². The van der Waals surface area contributed by atoms with E-state index in [0.29, 0.717) is 0 Å². The summed E-state index contributed by atoms with van der Waals surface area (Å²) in [4.78, 5) is 11.7. The van der Waals surface area contributed by atoms with Gasteiger partial charge in [-0.3, -0.25) is 4.67 Å². The maximum atomic E-state index is 11.7. The maximum absolute atomic E-state index is 11.7. The Morgan fingerprint density at radius 3 is 2.00 bits per heavy atom. The first-order chi connectivity index (χ1) is 5.83. The third kappa shape index (κ3) is 1.36. The molecule has 1 saturated heterocycles. The van der Waals surface area contributed by atoms with E-state index in [9.17, 15) is 4.79 Å². The van der Waals surface area contributed by atoms with Gasteiger partial charge in [0.25, 0.3) is 0 Å². The van der Waals surface area contributed by atoms with Crippen LogP contribution in [0.3, 0.4) is 0 Å². The Morgan fingerprint density at radius 2 is 1.85 bits per heavy atom. The van der Waals surface area contributed by atoms with Gasteiger partial charge in [0.1, 0.15) is 0 Å². The molecule has 0 bridgehead atoms. The minimum absolute atomic E-state index is 0.165. The minimum Gasteiger partial charge on any atom is -0.269 e. The van der Waals surface area contributed by atoms with Gasteiger partial charge in [-0.15, -0.1) is 0 Å². The Balaban J connectivity index is 3.06. The topological polar surface area (TPSA) is 26.8 Å². The van der Waals surface area contributed by atoms with Gasteiger partial charge >= 0.3 is 6.03 Å². The van der Waals surface area contributed by atoms with E-state index in [2.05, 4.69) is 32.1 Å². The first kappa shape index (κ1) is 11.2. The summed E-state index contributed by atoms with van der Waals surface area (Å²) in [6, 6.07) is 0.165. The molecule has 13 heavy (non-hydrogen) atoms. The lowest BCUT2D eigenvalue weighted by Crippen LogP contribution is -2.28. The van der Waals surface area contributed by atoms with Crippen LogP contribution in [0.4, 0.5) is 4.79 Å². The molecule has 4 nitrogen and oxygen atoms in total. The molecule has 0 aliphatic carbocycles. The molecule has 1 heterocycles. The molecule has 1 aliphatic rings. The molecule has 0 aromatic carbocycles. The van der Waals surface area contributed by atoms with Crippen molar-refractivity contribution in [3.63, 3.8) is 0 Å². The van der Waals surface area contributed by atoms with Gasteiger partial charge in [0.2, 0.25) is 7.25 Å². The normalized spacial score (nSPS) is 35.0. The van der Waals surface area contributed by atoms with Gasteiger partial charge in [0.05, 0.1) is 13.7 Å². The maximum Gasteiger partial charge on any atom is 0.358 e. The highest BCUT2D eigenvalue weighted by atomic mass is 32.1. The first-order valence-corrected chi connectivity index (χ1v) is 8.72. The number of nitrogens with zero attached hydrogens (tertiary/aromatic N) is 3. The quantitative estimate of drug-likeness (QED) is 0.634. The summed E-state index contributed by atoms with van der Waals surface area (Å²) in [5.41, 5.74) is 0. The second-order valence-corrected chi connectivity index (χ2v) is 12.3. The molecule has 0 spiro atoms. The van der Waals surface area contributed by atoms with Crippen LogP contribution in [-0.4, -0.2) is 61.6 Å². The van der Waals surface area contributed by atoms with Crippen LogP contribution < -0.4 is 0 Å². The summed E-state index contributed by atoms with van der Waals surface area (Å²) < 4.78 is 6.04. The molecule has 2 atom stereocenters. The molecule has 2 amide bonds. The Kier molecular flexibility index (Phi) is 2.87. The third-order valence-corrected chi connectivity index (χ3v) is 13.8. The number of rotatable bonds is 1. The lowest BCUT2D eigenvalue weighted by molar-refractivity contribution is 0.219. The average Bonchev–Trinajstić information content (AvgIpc) is 2.22. The monoisotopic (exact) mass is 222 g/mol. The SMILES string of the molecule is CN1C(=O)N(C)[P+](C)(N(C)C)P1C. The lowest BCUT2D eigenvalue weighted by Gasteiger charge is -2.30. The predicted octanol–water partition coefficient (Wildman–Crippen LogP) is 1.96. The van der Waals surface area contributed by atoms with Crippen molar-refractivity contribution in [2.45, 2.75) is 0 Å².